The van der Waals surface area contributed by atoms with Gasteiger partial charge in [-0.15, -0.1) is 12.3 Å². The van der Waals surface area contributed by atoms with E-state index in [1.165, 1.54) is 6.07 Å². The molecule has 74 valence electrons. The van der Waals surface area contributed by atoms with Gasteiger partial charge in [-0.25, -0.2) is 0 Å². The fourth-order valence-corrected chi connectivity index (χ4v) is 1.12. The van der Waals surface area contributed by atoms with Gasteiger partial charge in [0.25, 0.3) is 0 Å². The molecule has 0 N–H and O–H groups in total. The lowest BCUT2D eigenvalue weighted by molar-refractivity contribution is -0.137. The molecule has 1 aromatic rings. The molecule has 0 saturated carbocycles. The molecule has 0 aliphatic heterocycles. The molecule has 0 aliphatic carbocycles. The fourth-order valence-electron chi connectivity index (χ4n) is 1.12. The van der Waals surface area contributed by atoms with Gasteiger partial charge in [0.15, 0.2) is 0 Å². The van der Waals surface area contributed by atoms with E-state index >= 15 is 0 Å². The molecular formula is C11H9F3. The van der Waals surface area contributed by atoms with Gasteiger partial charge < -0.3 is 0 Å². The van der Waals surface area contributed by atoms with Gasteiger partial charge in [0.1, 0.15) is 0 Å². The molecule has 0 fully saturated rings. The Kier molecular flexibility index (Phi) is 3.19. The van der Waals surface area contributed by atoms with Gasteiger partial charge in [0.2, 0.25) is 0 Å². The second kappa shape index (κ2) is 4.19. The van der Waals surface area contributed by atoms with E-state index < -0.39 is 11.7 Å². The Balaban J connectivity index is 2.86. The molecule has 0 unspecified atom stereocenters. The largest absolute Gasteiger partial charge is 0.416 e. The molecule has 3 heteroatoms. The van der Waals surface area contributed by atoms with Crippen molar-refractivity contribution in [2.45, 2.75) is 19.0 Å². The molecule has 0 atom stereocenters. The first kappa shape index (κ1) is 10.6. The van der Waals surface area contributed by atoms with Crippen molar-refractivity contribution in [2.75, 3.05) is 0 Å². The van der Waals surface area contributed by atoms with Gasteiger partial charge in [-0.3, -0.25) is 0 Å². The SMILES string of the molecule is C#CCCc1cccc(C(F)(F)F)c1. The summed E-state index contributed by atoms with van der Waals surface area (Å²) >= 11 is 0. The molecule has 0 spiro atoms. The minimum atomic E-state index is -4.27. The number of aryl methyl sites for hydroxylation is 1. The van der Waals surface area contributed by atoms with Gasteiger partial charge >= 0.3 is 6.18 Å². The van der Waals surface area contributed by atoms with Crippen LogP contribution in [0.1, 0.15) is 17.5 Å². The lowest BCUT2D eigenvalue weighted by atomic mass is 10.1. The Morgan fingerprint density at radius 3 is 2.57 bits per heavy atom. The predicted molar refractivity (Wildman–Crippen MR) is 48.6 cm³/mol. The minimum absolute atomic E-state index is 0.460. The van der Waals surface area contributed by atoms with E-state index in [2.05, 4.69) is 5.92 Å². The Morgan fingerprint density at radius 1 is 1.29 bits per heavy atom. The van der Waals surface area contributed by atoms with Crippen LogP contribution in [-0.2, 0) is 12.6 Å². The summed E-state index contributed by atoms with van der Waals surface area (Å²) in [5.41, 5.74) is 0.00444. The standard InChI is InChI=1S/C11H9F3/c1-2-3-5-9-6-4-7-10(8-9)11(12,13)14/h1,4,6-8H,3,5H2. The number of rotatable bonds is 2. The smallest absolute Gasteiger partial charge is 0.166 e. The highest BCUT2D eigenvalue weighted by Crippen LogP contribution is 2.29. The minimum Gasteiger partial charge on any atom is -0.166 e. The summed E-state index contributed by atoms with van der Waals surface area (Å²) < 4.78 is 36.7. The zero-order valence-corrected chi connectivity index (χ0v) is 7.43. The Morgan fingerprint density at radius 2 is 2.00 bits per heavy atom. The highest BCUT2D eigenvalue weighted by Gasteiger charge is 2.30. The highest BCUT2D eigenvalue weighted by molar-refractivity contribution is 5.26. The first-order valence-corrected chi connectivity index (χ1v) is 4.13. The summed E-state index contributed by atoms with van der Waals surface area (Å²) in [5.74, 6) is 2.39. The number of halogens is 3. The molecule has 0 heterocycles. The quantitative estimate of drug-likeness (QED) is 0.640. The van der Waals surface area contributed by atoms with Crippen molar-refractivity contribution in [1.29, 1.82) is 0 Å². The number of hydrogen-bond donors (Lipinski definition) is 0. The van der Waals surface area contributed by atoms with Gasteiger partial charge in [-0.1, -0.05) is 18.2 Å². The van der Waals surface area contributed by atoms with Crippen LogP contribution in [0.3, 0.4) is 0 Å². The molecule has 0 saturated heterocycles. The van der Waals surface area contributed by atoms with Gasteiger partial charge in [0.05, 0.1) is 5.56 Å². The molecule has 0 aliphatic rings. The zero-order chi connectivity index (χ0) is 10.6. The topological polar surface area (TPSA) is 0 Å². The van der Waals surface area contributed by atoms with Crippen molar-refractivity contribution >= 4 is 0 Å². The van der Waals surface area contributed by atoms with Crippen LogP contribution in [0.4, 0.5) is 13.2 Å². The van der Waals surface area contributed by atoms with Crippen molar-refractivity contribution in [3.05, 3.63) is 35.4 Å². The van der Waals surface area contributed by atoms with Crippen molar-refractivity contribution in [3.8, 4) is 12.3 Å². The van der Waals surface area contributed by atoms with Crippen molar-refractivity contribution in [1.82, 2.24) is 0 Å². The molecule has 0 aromatic heterocycles. The van der Waals surface area contributed by atoms with Crippen LogP contribution in [0.25, 0.3) is 0 Å². The summed E-state index contributed by atoms with van der Waals surface area (Å²) in [7, 11) is 0. The van der Waals surface area contributed by atoms with Crippen LogP contribution in [0, 0.1) is 12.3 Å². The van der Waals surface area contributed by atoms with Gasteiger partial charge in [-0.05, 0) is 18.1 Å². The molecular weight excluding hydrogens is 189 g/mol. The average Bonchev–Trinajstić information content (AvgIpc) is 2.14. The molecule has 0 amide bonds. The molecule has 1 rings (SSSR count). The van der Waals surface area contributed by atoms with Gasteiger partial charge in [-0.2, -0.15) is 13.2 Å². The van der Waals surface area contributed by atoms with Crippen LogP contribution >= 0.6 is 0 Å². The van der Waals surface area contributed by atoms with E-state index in [4.69, 9.17) is 6.42 Å². The van der Waals surface area contributed by atoms with Crippen LogP contribution < -0.4 is 0 Å². The van der Waals surface area contributed by atoms with Crippen molar-refractivity contribution in [3.63, 3.8) is 0 Å². The fraction of sp³-hybridized carbons (Fsp3) is 0.273. The summed E-state index contributed by atoms with van der Waals surface area (Å²) in [6.07, 6.45) is 1.70. The second-order valence-corrected chi connectivity index (χ2v) is 2.90. The van der Waals surface area contributed by atoms with Crippen LogP contribution in [0.5, 0.6) is 0 Å². The third-order valence-corrected chi connectivity index (χ3v) is 1.81. The molecule has 0 bridgehead atoms. The average molecular weight is 198 g/mol. The maximum Gasteiger partial charge on any atom is 0.416 e. The summed E-state index contributed by atoms with van der Waals surface area (Å²) in [4.78, 5) is 0. The Bertz CT molecular complexity index is 344. The van der Waals surface area contributed by atoms with E-state index in [0.29, 0.717) is 18.4 Å². The van der Waals surface area contributed by atoms with E-state index in [0.717, 1.165) is 12.1 Å². The molecule has 1 aromatic carbocycles. The maximum absolute atomic E-state index is 12.2. The number of terminal acetylenes is 1. The number of hydrogen-bond acceptors (Lipinski definition) is 0. The first-order chi connectivity index (χ1) is 6.54. The van der Waals surface area contributed by atoms with Crippen LogP contribution in [0.15, 0.2) is 24.3 Å². The van der Waals surface area contributed by atoms with Crippen LogP contribution in [0.2, 0.25) is 0 Å². The lowest BCUT2D eigenvalue weighted by Gasteiger charge is -2.07. The molecule has 0 nitrogen and oxygen atoms in total. The second-order valence-electron chi connectivity index (χ2n) is 2.90. The summed E-state index contributed by atoms with van der Waals surface area (Å²) in [5, 5.41) is 0. The normalized spacial score (nSPS) is 11.0. The third-order valence-electron chi connectivity index (χ3n) is 1.81. The van der Waals surface area contributed by atoms with E-state index in [9.17, 15) is 13.2 Å². The summed E-state index contributed by atoms with van der Waals surface area (Å²) in [6, 6.07) is 5.23. The predicted octanol–water partition coefficient (Wildman–Crippen LogP) is 3.27. The van der Waals surface area contributed by atoms with Crippen LogP contribution in [-0.4, -0.2) is 0 Å². The number of alkyl halides is 3. The highest BCUT2D eigenvalue weighted by atomic mass is 19.4. The maximum atomic E-state index is 12.2. The van der Waals surface area contributed by atoms with Crippen molar-refractivity contribution < 1.29 is 13.2 Å². The molecule has 14 heavy (non-hydrogen) atoms. The zero-order valence-electron chi connectivity index (χ0n) is 7.43. The lowest BCUT2D eigenvalue weighted by Crippen LogP contribution is -2.05. The van der Waals surface area contributed by atoms with Crippen molar-refractivity contribution in [2.24, 2.45) is 0 Å². The van der Waals surface area contributed by atoms with E-state index in [-0.39, 0.29) is 0 Å². The monoisotopic (exact) mass is 198 g/mol. The summed E-state index contributed by atoms with van der Waals surface area (Å²) in [6.45, 7) is 0. The first-order valence-electron chi connectivity index (χ1n) is 4.13. The van der Waals surface area contributed by atoms with Gasteiger partial charge in [0, 0.05) is 6.42 Å². The number of benzene rings is 1. The Labute approximate surface area is 80.8 Å². The van der Waals surface area contributed by atoms with E-state index in [1.807, 2.05) is 0 Å². The van der Waals surface area contributed by atoms with E-state index in [1.54, 1.807) is 6.07 Å². The third kappa shape index (κ3) is 2.81. The molecule has 0 radical (unpaired) electrons. The Hall–Kier alpha value is -1.43.